The van der Waals surface area contributed by atoms with Crippen molar-refractivity contribution in [2.75, 3.05) is 6.79 Å². The highest BCUT2D eigenvalue weighted by molar-refractivity contribution is 7.98. The lowest BCUT2D eigenvalue weighted by molar-refractivity contribution is 0.174. The van der Waals surface area contributed by atoms with Crippen LogP contribution < -0.4 is 15.2 Å². The van der Waals surface area contributed by atoms with E-state index in [1.165, 1.54) is 11.8 Å². The van der Waals surface area contributed by atoms with E-state index in [2.05, 4.69) is 17.1 Å². The van der Waals surface area contributed by atoms with Gasteiger partial charge in [0, 0.05) is 12.3 Å². The SMILES string of the molecule is CCCCn1c(SCc2cc(Cl)c3c(c2)OCO3)n[nH]c1=O. The summed E-state index contributed by atoms with van der Waals surface area (Å²) in [4.78, 5) is 11.7. The number of halogens is 1. The highest BCUT2D eigenvalue weighted by Gasteiger charge is 2.18. The molecule has 1 aromatic heterocycles. The third-order valence-corrected chi connectivity index (χ3v) is 4.64. The number of unbranched alkanes of at least 4 members (excludes halogenated alkanes) is 1. The molecule has 2 aromatic rings. The van der Waals surface area contributed by atoms with Crippen LogP contribution in [0.4, 0.5) is 0 Å². The molecule has 0 spiro atoms. The number of H-pyrrole nitrogens is 1. The van der Waals surface area contributed by atoms with Gasteiger partial charge in [-0.15, -0.1) is 5.10 Å². The van der Waals surface area contributed by atoms with Crippen LogP contribution in [0.1, 0.15) is 25.3 Å². The van der Waals surface area contributed by atoms with Gasteiger partial charge < -0.3 is 9.47 Å². The quantitative estimate of drug-likeness (QED) is 0.818. The molecule has 3 rings (SSSR count). The van der Waals surface area contributed by atoms with Crippen LogP contribution in [-0.2, 0) is 12.3 Å². The number of fused-ring (bicyclic) bond motifs is 1. The third-order valence-electron chi connectivity index (χ3n) is 3.31. The highest BCUT2D eigenvalue weighted by Crippen LogP contribution is 2.40. The monoisotopic (exact) mass is 341 g/mol. The van der Waals surface area contributed by atoms with Gasteiger partial charge in [-0.25, -0.2) is 9.89 Å². The molecule has 0 radical (unpaired) electrons. The molecule has 1 N–H and O–H groups in total. The Morgan fingerprint density at radius 3 is 3.14 bits per heavy atom. The molecule has 0 unspecified atom stereocenters. The Balaban J connectivity index is 1.73. The topological polar surface area (TPSA) is 69.1 Å². The second kappa shape index (κ2) is 6.66. The van der Waals surface area contributed by atoms with Gasteiger partial charge in [-0.3, -0.25) is 4.57 Å². The van der Waals surface area contributed by atoms with Gasteiger partial charge in [-0.05, 0) is 24.1 Å². The standard InChI is InChI=1S/C14H16ClN3O3S/c1-2-3-4-18-13(19)16-17-14(18)22-7-9-5-10(15)12-11(6-9)20-8-21-12/h5-6H,2-4,7-8H2,1H3,(H,16,19). The van der Waals surface area contributed by atoms with E-state index < -0.39 is 0 Å². The lowest BCUT2D eigenvalue weighted by Crippen LogP contribution is -2.17. The zero-order chi connectivity index (χ0) is 15.5. The van der Waals surface area contributed by atoms with Crippen molar-refractivity contribution in [3.05, 3.63) is 33.2 Å². The summed E-state index contributed by atoms with van der Waals surface area (Å²) in [6, 6.07) is 3.76. The Bertz CT molecular complexity index is 729. The number of aromatic nitrogens is 3. The summed E-state index contributed by atoms with van der Waals surface area (Å²) in [5.41, 5.74) is 0.830. The fourth-order valence-corrected chi connectivity index (χ4v) is 3.37. The number of nitrogens with zero attached hydrogens (tertiary/aromatic N) is 2. The second-order valence-electron chi connectivity index (χ2n) is 4.92. The van der Waals surface area contributed by atoms with Crippen molar-refractivity contribution in [1.82, 2.24) is 14.8 Å². The van der Waals surface area contributed by atoms with E-state index in [0.29, 0.717) is 34.0 Å². The van der Waals surface area contributed by atoms with Gasteiger partial charge >= 0.3 is 5.69 Å². The molecular formula is C14H16ClN3O3S. The number of ether oxygens (including phenoxy) is 2. The smallest absolute Gasteiger partial charge is 0.343 e. The third kappa shape index (κ3) is 3.10. The predicted octanol–water partition coefficient (Wildman–Crippen LogP) is 3.05. The zero-order valence-corrected chi connectivity index (χ0v) is 13.7. The Labute approximate surface area is 136 Å². The van der Waals surface area contributed by atoms with Crippen molar-refractivity contribution in [3.63, 3.8) is 0 Å². The average Bonchev–Trinajstić information content (AvgIpc) is 3.10. The molecule has 0 fully saturated rings. The van der Waals surface area contributed by atoms with Gasteiger partial charge in [-0.2, -0.15) is 0 Å². The minimum Gasteiger partial charge on any atom is -0.454 e. The molecule has 1 aromatic carbocycles. The summed E-state index contributed by atoms with van der Waals surface area (Å²) in [6.07, 6.45) is 1.97. The van der Waals surface area contributed by atoms with Crippen LogP contribution in [0.25, 0.3) is 0 Å². The summed E-state index contributed by atoms with van der Waals surface area (Å²) in [5, 5.41) is 7.80. The van der Waals surface area contributed by atoms with Gasteiger partial charge in [-0.1, -0.05) is 36.7 Å². The van der Waals surface area contributed by atoms with Crippen molar-refractivity contribution >= 4 is 23.4 Å². The molecule has 0 amide bonds. The van der Waals surface area contributed by atoms with E-state index in [0.717, 1.165) is 18.4 Å². The fourth-order valence-electron chi connectivity index (χ4n) is 2.18. The summed E-state index contributed by atoms with van der Waals surface area (Å²) < 4.78 is 12.3. The molecule has 8 heteroatoms. The minimum atomic E-state index is -0.167. The summed E-state index contributed by atoms with van der Waals surface area (Å²) in [7, 11) is 0. The maximum atomic E-state index is 11.7. The molecule has 6 nitrogen and oxygen atoms in total. The number of nitrogens with one attached hydrogen (secondary N) is 1. The molecule has 1 aliphatic heterocycles. The normalized spacial score (nSPS) is 12.8. The Morgan fingerprint density at radius 1 is 1.45 bits per heavy atom. The maximum Gasteiger partial charge on any atom is 0.343 e. The first-order chi connectivity index (χ1) is 10.7. The van der Waals surface area contributed by atoms with E-state index in [1.54, 1.807) is 4.57 Å². The second-order valence-corrected chi connectivity index (χ2v) is 6.27. The van der Waals surface area contributed by atoms with Crippen LogP contribution in [0, 0.1) is 0 Å². The van der Waals surface area contributed by atoms with Gasteiger partial charge in [0.05, 0.1) is 5.02 Å². The lowest BCUT2D eigenvalue weighted by atomic mass is 10.2. The van der Waals surface area contributed by atoms with Crippen molar-refractivity contribution in [2.45, 2.75) is 37.2 Å². The first kappa shape index (κ1) is 15.3. The lowest BCUT2D eigenvalue weighted by Gasteiger charge is -2.06. The molecule has 0 saturated carbocycles. The molecule has 0 saturated heterocycles. The summed E-state index contributed by atoms with van der Waals surface area (Å²) in [5.74, 6) is 1.90. The van der Waals surface area contributed by atoms with Crippen LogP contribution >= 0.6 is 23.4 Å². The Kier molecular flexibility index (Phi) is 4.63. The molecule has 118 valence electrons. The molecule has 0 bridgehead atoms. The average molecular weight is 342 g/mol. The van der Waals surface area contributed by atoms with E-state index in [4.69, 9.17) is 21.1 Å². The minimum absolute atomic E-state index is 0.167. The zero-order valence-electron chi connectivity index (χ0n) is 12.1. The van der Waals surface area contributed by atoms with E-state index in [-0.39, 0.29) is 12.5 Å². The van der Waals surface area contributed by atoms with E-state index in [1.807, 2.05) is 12.1 Å². The van der Waals surface area contributed by atoms with Crippen LogP contribution in [-0.4, -0.2) is 21.6 Å². The van der Waals surface area contributed by atoms with Gasteiger partial charge in [0.2, 0.25) is 6.79 Å². The van der Waals surface area contributed by atoms with Crippen LogP contribution in [0.5, 0.6) is 11.5 Å². The molecular weight excluding hydrogens is 326 g/mol. The van der Waals surface area contributed by atoms with Gasteiger partial charge in [0.1, 0.15) is 0 Å². The first-order valence-corrected chi connectivity index (χ1v) is 8.41. The van der Waals surface area contributed by atoms with Crippen LogP contribution in [0.15, 0.2) is 22.1 Å². The molecule has 0 aliphatic carbocycles. The number of hydrogen-bond acceptors (Lipinski definition) is 5. The largest absolute Gasteiger partial charge is 0.454 e. The summed E-state index contributed by atoms with van der Waals surface area (Å²) in [6.45, 7) is 2.96. The summed E-state index contributed by atoms with van der Waals surface area (Å²) >= 11 is 7.66. The van der Waals surface area contributed by atoms with Crippen LogP contribution in [0.2, 0.25) is 5.02 Å². The van der Waals surface area contributed by atoms with Gasteiger partial charge in [0.15, 0.2) is 16.7 Å². The molecule has 1 aliphatic rings. The fraction of sp³-hybridized carbons (Fsp3) is 0.429. The van der Waals surface area contributed by atoms with E-state index >= 15 is 0 Å². The van der Waals surface area contributed by atoms with Crippen molar-refractivity contribution in [2.24, 2.45) is 0 Å². The number of hydrogen-bond donors (Lipinski definition) is 1. The van der Waals surface area contributed by atoms with Crippen molar-refractivity contribution < 1.29 is 9.47 Å². The van der Waals surface area contributed by atoms with E-state index in [9.17, 15) is 4.79 Å². The van der Waals surface area contributed by atoms with Gasteiger partial charge in [0.25, 0.3) is 0 Å². The number of aromatic amines is 1. The van der Waals surface area contributed by atoms with Crippen molar-refractivity contribution in [1.29, 1.82) is 0 Å². The number of rotatable bonds is 6. The molecule has 2 heterocycles. The Morgan fingerprint density at radius 2 is 2.32 bits per heavy atom. The molecule has 22 heavy (non-hydrogen) atoms. The maximum absolute atomic E-state index is 11.7. The highest BCUT2D eigenvalue weighted by atomic mass is 35.5. The van der Waals surface area contributed by atoms with Crippen LogP contribution in [0.3, 0.4) is 0 Å². The molecule has 0 atom stereocenters. The number of benzene rings is 1. The first-order valence-electron chi connectivity index (χ1n) is 7.05. The predicted molar refractivity (Wildman–Crippen MR) is 84.9 cm³/mol. The van der Waals surface area contributed by atoms with Crippen molar-refractivity contribution in [3.8, 4) is 11.5 Å². The Hall–Kier alpha value is -1.60. The number of thioether (sulfide) groups is 1.